The van der Waals surface area contributed by atoms with Gasteiger partial charge in [0, 0.05) is 17.0 Å². The van der Waals surface area contributed by atoms with Crippen LogP contribution in [0, 0.1) is 0 Å². The van der Waals surface area contributed by atoms with Crippen molar-refractivity contribution in [3.05, 3.63) is 109 Å². The summed E-state index contributed by atoms with van der Waals surface area (Å²) in [4.78, 5) is 8.71. The van der Waals surface area contributed by atoms with Gasteiger partial charge in [0.25, 0.3) is 0 Å². The summed E-state index contributed by atoms with van der Waals surface area (Å²) in [6.07, 6.45) is 1.81. The number of aromatic hydroxyl groups is 1. The van der Waals surface area contributed by atoms with E-state index in [1.54, 1.807) is 48.5 Å². The zero-order valence-corrected chi connectivity index (χ0v) is 17.4. The van der Waals surface area contributed by atoms with Gasteiger partial charge in [-0.05, 0) is 36.4 Å². The van der Waals surface area contributed by atoms with Gasteiger partial charge in [-0.25, -0.2) is 13.4 Å². The van der Waals surface area contributed by atoms with E-state index in [2.05, 4.69) is 22.1 Å². The number of benzene rings is 3. The minimum Gasteiger partial charge on any atom is -0.506 e. The number of nitrogens with zero attached hydrogens (tertiary/aromatic N) is 2. The summed E-state index contributed by atoms with van der Waals surface area (Å²) < 4.78 is 24.6. The van der Waals surface area contributed by atoms with Crippen molar-refractivity contribution >= 4 is 31.6 Å². The average Bonchev–Trinajstić information content (AvgIpc) is 2.81. The van der Waals surface area contributed by atoms with Crippen LogP contribution < -0.4 is 0 Å². The lowest BCUT2D eigenvalue weighted by atomic mass is 10.2. The van der Waals surface area contributed by atoms with Gasteiger partial charge in [-0.15, -0.1) is 0 Å². The van der Waals surface area contributed by atoms with Crippen LogP contribution in [0.25, 0.3) is 21.8 Å². The fourth-order valence-electron chi connectivity index (χ4n) is 3.17. The van der Waals surface area contributed by atoms with Crippen LogP contribution in [-0.4, -0.2) is 23.5 Å². The second-order valence-corrected chi connectivity index (χ2v) is 8.91. The maximum atomic E-state index is 12.3. The Bertz CT molecular complexity index is 1370. The van der Waals surface area contributed by atoms with E-state index in [1.165, 1.54) is 11.5 Å². The molecule has 0 amide bonds. The highest BCUT2D eigenvalue weighted by atomic mass is 32.2. The van der Waals surface area contributed by atoms with E-state index in [-0.39, 0.29) is 16.4 Å². The highest BCUT2D eigenvalue weighted by Gasteiger charge is 2.16. The second-order valence-electron chi connectivity index (χ2n) is 6.92. The Morgan fingerprint density at radius 3 is 2.23 bits per heavy atom. The van der Waals surface area contributed by atoms with Crippen molar-refractivity contribution in [2.75, 3.05) is 0 Å². The van der Waals surface area contributed by atoms with Gasteiger partial charge in [-0.3, -0.25) is 4.98 Å². The van der Waals surface area contributed by atoms with Crippen LogP contribution >= 0.6 is 0 Å². The van der Waals surface area contributed by atoms with Crippen LogP contribution in [0.4, 0.5) is 0 Å². The van der Waals surface area contributed by atoms with Crippen LogP contribution in [0.3, 0.4) is 0 Å². The van der Waals surface area contributed by atoms with Crippen molar-refractivity contribution in [1.29, 1.82) is 0 Å². The molecule has 5 aromatic rings. The van der Waals surface area contributed by atoms with E-state index in [1.807, 2.05) is 36.5 Å². The summed E-state index contributed by atoms with van der Waals surface area (Å²) in [5.74, 6) is -0.146. The largest absolute Gasteiger partial charge is 0.506 e. The molecule has 5 rings (SSSR count). The van der Waals surface area contributed by atoms with Gasteiger partial charge in [0.15, 0.2) is 9.84 Å². The maximum absolute atomic E-state index is 12.3. The summed E-state index contributed by atoms with van der Waals surface area (Å²) in [6, 6.07) is 28.9. The third kappa shape index (κ3) is 4.87. The lowest BCUT2D eigenvalue weighted by Crippen LogP contribution is -2.06. The molecule has 0 radical (unpaired) electrons. The first kappa shape index (κ1) is 20.5. The summed E-state index contributed by atoms with van der Waals surface area (Å²) in [6.45, 7) is 0. The summed E-state index contributed by atoms with van der Waals surface area (Å²) >= 11 is 0. The molecule has 5 nitrogen and oxygen atoms in total. The van der Waals surface area contributed by atoms with Crippen molar-refractivity contribution in [3.63, 3.8) is 0 Å². The number of fused-ring (bicyclic) bond motifs is 2. The van der Waals surface area contributed by atoms with Crippen molar-refractivity contribution in [2.24, 2.45) is 0 Å². The molecule has 0 aliphatic carbocycles. The van der Waals surface area contributed by atoms with Gasteiger partial charge in [-0.2, -0.15) is 0 Å². The second kappa shape index (κ2) is 8.93. The van der Waals surface area contributed by atoms with Gasteiger partial charge in [0.1, 0.15) is 11.3 Å². The molecule has 3 aromatic carbocycles. The number of hydrogen-bond acceptors (Lipinski definition) is 5. The third-order valence-electron chi connectivity index (χ3n) is 4.71. The molecular weight excluding hydrogens is 408 g/mol. The predicted octanol–water partition coefficient (Wildman–Crippen LogP) is 5.15. The number of pyridine rings is 2. The smallest absolute Gasteiger partial charge is 0.184 e. The van der Waals surface area contributed by atoms with Crippen LogP contribution in [0.5, 0.6) is 5.75 Å². The molecule has 6 heteroatoms. The quantitative estimate of drug-likeness (QED) is 0.430. The molecule has 0 aliphatic heterocycles. The monoisotopic (exact) mass is 428 g/mol. The highest BCUT2D eigenvalue weighted by molar-refractivity contribution is 7.90. The first-order valence-electron chi connectivity index (χ1n) is 9.68. The molecule has 1 N–H and O–H groups in total. The van der Waals surface area contributed by atoms with E-state index >= 15 is 0 Å². The number of phenolic OH excluding ortho intramolecular Hbond substituents is 1. The first-order chi connectivity index (χ1) is 15.0. The highest BCUT2D eigenvalue weighted by Crippen LogP contribution is 2.24. The van der Waals surface area contributed by atoms with Gasteiger partial charge >= 0.3 is 0 Å². The van der Waals surface area contributed by atoms with Crippen LogP contribution in [0.15, 0.2) is 108 Å². The molecule has 0 spiro atoms. The Morgan fingerprint density at radius 2 is 1.42 bits per heavy atom. The molecule has 0 atom stereocenters. The van der Waals surface area contributed by atoms with E-state index in [0.29, 0.717) is 11.2 Å². The van der Waals surface area contributed by atoms with E-state index in [0.717, 1.165) is 10.9 Å². The Balaban J connectivity index is 0.000000192. The fraction of sp³-hybridized carbons (Fsp3) is 0.0400. The predicted molar refractivity (Wildman–Crippen MR) is 122 cm³/mol. The van der Waals surface area contributed by atoms with Crippen molar-refractivity contribution in [2.45, 2.75) is 10.6 Å². The number of phenols is 1. The molecule has 2 heterocycles. The zero-order valence-electron chi connectivity index (χ0n) is 16.6. The molecule has 0 saturated heterocycles. The first-order valence-corrected chi connectivity index (χ1v) is 11.3. The van der Waals surface area contributed by atoms with Crippen LogP contribution in [0.2, 0.25) is 0 Å². The lowest BCUT2D eigenvalue weighted by Gasteiger charge is -2.06. The standard InChI is InChI=1S/C16H13NO3S.C9H7N/c18-15-8-4-5-12-9-10-13(17-16(12)15)11-21(19,20)14-6-2-1-3-7-14;1-2-6-9-8(4-1)5-3-7-10-9/h1-10,18H,11H2;1-7H. The molecule has 0 fully saturated rings. The molecule has 0 unspecified atom stereocenters. The fourth-order valence-corrected chi connectivity index (χ4v) is 4.46. The van der Waals surface area contributed by atoms with Gasteiger partial charge in [0.05, 0.1) is 21.9 Å². The molecular formula is C25H20N2O3S. The minimum atomic E-state index is -3.44. The molecule has 31 heavy (non-hydrogen) atoms. The van der Waals surface area contributed by atoms with E-state index < -0.39 is 9.84 Å². The van der Waals surface area contributed by atoms with Crippen molar-refractivity contribution in [3.8, 4) is 5.75 Å². The zero-order chi connectivity index (χ0) is 21.7. The number of rotatable bonds is 3. The summed E-state index contributed by atoms with van der Waals surface area (Å²) in [5, 5.41) is 11.8. The Morgan fingerprint density at radius 1 is 0.710 bits per heavy atom. The van der Waals surface area contributed by atoms with E-state index in [9.17, 15) is 13.5 Å². The molecule has 154 valence electrons. The third-order valence-corrected chi connectivity index (χ3v) is 6.38. The van der Waals surface area contributed by atoms with Crippen molar-refractivity contribution in [1.82, 2.24) is 9.97 Å². The number of aromatic nitrogens is 2. The maximum Gasteiger partial charge on any atom is 0.184 e. The summed E-state index contributed by atoms with van der Waals surface area (Å²) in [5.41, 5.74) is 1.89. The number of sulfone groups is 1. The SMILES string of the molecule is O=S(=O)(Cc1ccc2cccc(O)c2n1)c1ccccc1.c1ccc2ncccc2c1. The molecule has 2 aromatic heterocycles. The average molecular weight is 429 g/mol. The molecule has 0 saturated carbocycles. The molecule has 0 bridgehead atoms. The molecule has 0 aliphatic rings. The Kier molecular flexibility index (Phi) is 5.91. The van der Waals surface area contributed by atoms with Crippen LogP contribution in [0.1, 0.15) is 5.69 Å². The van der Waals surface area contributed by atoms with Gasteiger partial charge in [-0.1, -0.05) is 60.7 Å². The van der Waals surface area contributed by atoms with E-state index in [4.69, 9.17) is 0 Å². The number of para-hydroxylation sites is 2. The summed E-state index contributed by atoms with van der Waals surface area (Å²) in [7, 11) is -3.44. The normalized spacial score (nSPS) is 11.1. The van der Waals surface area contributed by atoms with Crippen LogP contribution in [-0.2, 0) is 15.6 Å². The lowest BCUT2D eigenvalue weighted by molar-refractivity contribution is 0.480. The Hall–Kier alpha value is -3.77. The van der Waals surface area contributed by atoms with Crippen molar-refractivity contribution < 1.29 is 13.5 Å². The minimum absolute atomic E-state index is 0.0476. The van der Waals surface area contributed by atoms with Gasteiger partial charge < -0.3 is 5.11 Å². The van der Waals surface area contributed by atoms with Gasteiger partial charge in [0.2, 0.25) is 0 Å². The number of hydrogen-bond donors (Lipinski definition) is 1. The Labute approximate surface area is 180 Å². The topological polar surface area (TPSA) is 80.2 Å².